The molecular formula is C38H28N6. The summed E-state index contributed by atoms with van der Waals surface area (Å²) in [6.07, 6.45) is 11.8. The van der Waals surface area contributed by atoms with Gasteiger partial charge in [-0.05, 0) is 98.0 Å². The Bertz CT molecular complexity index is 2330. The fourth-order valence-electron chi connectivity index (χ4n) is 6.96. The third-order valence-electron chi connectivity index (χ3n) is 8.91. The van der Waals surface area contributed by atoms with E-state index in [4.69, 9.17) is 9.97 Å². The van der Waals surface area contributed by atoms with Crippen molar-refractivity contribution in [3.8, 4) is 34.2 Å². The first-order valence-corrected chi connectivity index (χ1v) is 15.2. The highest BCUT2D eigenvalue weighted by molar-refractivity contribution is 6.14. The van der Waals surface area contributed by atoms with E-state index < -0.39 is 0 Å². The van der Waals surface area contributed by atoms with E-state index in [1.165, 1.54) is 45.8 Å². The Hall–Kier alpha value is -5.62. The van der Waals surface area contributed by atoms with Gasteiger partial charge < -0.3 is 0 Å². The average Bonchev–Trinajstić information content (AvgIpc) is 3.60. The van der Waals surface area contributed by atoms with E-state index in [0.717, 1.165) is 58.0 Å². The summed E-state index contributed by atoms with van der Waals surface area (Å²) in [5.74, 6) is 1.85. The molecule has 0 spiro atoms. The van der Waals surface area contributed by atoms with Crippen LogP contribution in [0.4, 0.5) is 0 Å². The molecule has 0 N–H and O–H groups in total. The lowest BCUT2D eigenvalue weighted by Crippen LogP contribution is -2.08. The van der Waals surface area contributed by atoms with Crippen molar-refractivity contribution in [3.05, 3.63) is 133 Å². The Kier molecular flexibility index (Phi) is 5.66. The number of fused-ring (bicyclic) bond motifs is 6. The molecule has 6 heterocycles. The standard InChI is InChI=1S/C38H28N6/c1-3-15-33-27(11-1)29-21-36-30(22-35(29)43(33)37-17-5-13-31(41-37)25-9-7-19-39-23-25)28-12-2-4-16-34(28)44(36)38-18-6-14-32(42-38)26-10-8-20-40-24-26/h1,3,5-11,13-15,17-24H,2,4,12,16H2. The van der Waals surface area contributed by atoms with E-state index in [9.17, 15) is 0 Å². The average molecular weight is 569 g/mol. The third-order valence-corrected chi connectivity index (χ3v) is 8.91. The van der Waals surface area contributed by atoms with Crippen LogP contribution in [0.25, 0.3) is 66.9 Å². The van der Waals surface area contributed by atoms with Gasteiger partial charge in [0.05, 0.1) is 27.9 Å². The Morgan fingerprint density at radius 1 is 0.500 bits per heavy atom. The van der Waals surface area contributed by atoms with Crippen molar-refractivity contribution in [1.82, 2.24) is 29.1 Å². The summed E-state index contributed by atoms with van der Waals surface area (Å²) in [6.45, 7) is 0. The summed E-state index contributed by atoms with van der Waals surface area (Å²) in [6, 6.07) is 34.0. The zero-order valence-electron chi connectivity index (χ0n) is 24.1. The van der Waals surface area contributed by atoms with Crippen molar-refractivity contribution in [2.24, 2.45) is 0 Å². The second-order valence-electron chi connectivity index (χ2n) is 11.5. The lowest BCUT2D eigenvalue weighted by Gasteiger charge is -2.16. The largest absolute Gasteiger partial charge is 0.298 e. The highest BCUT2D eigenvalue weighted by Crippen LogP contribution is 2.40. The van der Waals surface area contributed by atoms with E-state index in [-0.39, 0.29) is 0 Å². The maximum Gasteiger partial charge on any atom is 0.138 e. The maximum atomic E-state index is 5.18. The number of aryl methyl sites for hydroxylation is 1. The molecule has 0 fully saturated rings. The summed E-state index contributed by atoms with van der Waals surface area (Å²) in [5.41, 5.74) is 10.2. The van der Waals surface area contributed by atoms with Crippen molar-refractivity contribution in [2.75, 3.05) is 0 Å². The van der Waals surface area contributed by atoms with Crippen molar-refractivity contribution in [2.45, 2.75) is 25.7 Å². The van der Waals surface area contributed by atoms with E-state index in [2.05, 4.69) is 104 Å². The number of pyridine rings is 4. The van der Waals surface area contributed by atoms with Crippen LogP contribution in [0.5, 0.6) is 0 Å². The first kappa shape index (κ1) is 24.9. The van der Waals surface area contributed by atoms with Gasteiger partial charge in [0.25, 0.3) is 0 Å². The lowest BCUT2D eigenvalue weighted by molar-refractivity contribution is 0.665. The maximum absolute atomic E-state index is 5.18. The van der Waals surface area contributed by atoms with Crippen molar-refractivity contribution in [3.63, 3.8) is 0 Å². The SMILES string of the molecule is c1cncc(-c2cccc(-n3c4c(c5cc6c(cc53)c3ccccc3n6-c3cccc(-c5cccnc5)n3)CCCC4)n2)c1. The van der Waals surface area contributed by atoms with Crippen LogP contribution in [-0.4, -0.2) is 29.1 Å². The molecule has 2 aromatic carbocycles. The Morgan fingerprint density at radius 2 is 1.14 bits per heavy atom. The van der Waals surface area contributed by atoms with E-state index in [1.807, 2.05) is 24.5 Å². The number of aromatic nitrogens is 6. The van der Waals surface area contributed by atoms with Gasteiger partial charge in [-0.1, -0.05) is 30.3 Å². The molecule has 0 unspecified atom stereocenters. The second kappa shape index (κ2) is 9.99. The van der Waals surface area contributed by atoms with Gasteiger partial charge >= 0.3 is 0 Å². The monoisotopic (exact) mass is 568 g/mol. The predicted octanol–water partition coefficient (Wildman–Crippen LogP) is 8.52. The van der Waals surface area contributed by atoms with Crippen LogP contribution in [0.2, 0.25) is 0 Å². The molecule has 6 heteroatoms. The van der Waals surface area contributed by atoms with Crippen molar-refractivity contribution >= 4 is 32.7 Å². The summed E-state index contributed by atoms with van der Waals surface area (Å²) < 4.78 is 4.73. The number of hydrogen-bond donors (Lipinski definition) is 0. The molecule has 44 heavy (non-hydrogen) atoms. The molecule has 6 nitrogen and oxygen atoms in total. The van der Waals surface area contributed by atoms with Crippen LogP contribution in [0, 0.1) is 0 Å². The van der Waals surface area contributed by atoms with Crippen LogP contribution in [-0.2, 0) is 12.8 Å². The van der Waals surface area contributed by atoms with Gasteiger partial charge in [-0.2, -0.15) is 0 Å². The first-order chi connectivity index (χ1) is 21.8. The fourth-order valence-corrected chi connectivity index (χ4v) is 6.96. The Balaban J connectivity index is 1.32. The first-order valence-electron chi connectivity index (χ1n) is 15.2. The Labute approximate surface area is 254 Å². The van der Waals surface area contributed by atoms with Gasteiger partial charge in [0.2, 0.25) is 0 Å². The summed E-state index contributed by atoms with van der Waals surface area (Å²) in [5, 5.41) is 3.72. The van der Waals surface area contributed by atoms with Gasteiger partial charge in [-0.15, -0.1) is 0 Å². The molecule has 0 radical (unpaired) electrons. The van der Waals surface area contributed by atoms with Gasteiger partial charge in [0.1, 0.15) is 11.6 Å². The van der Waals surface area contributed by atoms with E-state index in [1.54, 1.807) is 12.4 Å². The molecule has 8 aromatic rings. The molecule has 1 aliphatic rings. The number of hydrogen-bond acceptors (Lipinski definition) is 4. The smallest absolute Gasteiger partial charge is 0.138 e. The minimum Gasteiger partial charge on any atom is -0.298 e. The number of para-hydroxylation sites is 1. The molecule has 0 amide bonds. The normalized spacial score (nSPS) is 13.1. The van der Waals surface area contributed by atoms with Gasteiger partial charge in [-0.3, -0.25) is 19.1 Å². The van der Waals surface area contributed by atoms with E-state index >= 15 is 0 Å². The van der Waals surface area contributed by atoms with Crippen LogP contribution in [0.1, 0.15) is 24.1 Å². The molecule has 0 saturated heterocycles. The zero-order chi connectivity index (χ0) is 29.0. The molecule has 9 rings (SSSR count). The summed E-state index contributed by atoms with van der Waals surface area (Å²) in [4.78, 5) is 19.0. The number of rotatable bonds is 4. The quantitative estimate of drug-likeness (QED) is 0.214. The minimum absolute atomic E-state index is 0.899. The fraction of sp³-hybridized carbons (Fsp3) is 0.105. The number of benzene rings is 2. The molecule has 0 saturated carbocycles. The van der Waals surface area contributed by atoms with Crippen LogP contribution in [0.3, 0.4) is 0 Å². The van der Waals surface area contributed by atoms with Crippen LogP contribution in [0.15, 0.2) is 122 Å². The topological polar surface area (TPSA) is 61.4 Å². The zero-order valence-corrected chi connectivity index (χ0v) is 24.1. The van der Waals surface area contributed by atoms with Crippen molar-refractivity contribution < 1.29 is 0 Å². The second-order valence-corrected chi connectivity index (χ2v) is 11.5. The highest BCUT2D eigenvalue weighted by atomic mass is 15.1. The third kappa shape index (κ3) is 3.88. The lowest BCUT2D eigenvalue weighted by atomic mass is 9.95. The Morgan fingerprint density at radius 3 is 1.84 bits per heavy atom. The predicted molar refractivity (Wildman–Crippen MR) is 176 cm³/mol. The highest BCUT2D eigenvalue weighted by Gasteiger charge is 2.24. The summed E-state index contributed by atoms with van der Waals surface area (Å²) >= 11 is 0. The van der Waals surface area contributed by atoms with Crippen molar-refractivity contribution in [1.29, 1.82) is 0 Å². The number of nitrogens with zero attached hydrogens (tertiary/aromatic N) is 6. The van der Waals surface area contributed by atoms with Gasteiger partial charge in [-0.25, -0.2) is 9.97 Å². The minimum atomic E-state index is 0.899. The molecular weight excluding hydrogens is 540 g/mol. The van der Waals surface area contributed by atoms with Crippen LogP contribution >= 0.6 is 0 Å². The molecule has 0 aliphatic heterocycles. The molecule has 6 aromatic heterocycles. The van der Waals surface area contributed by atoms with Gasteiger partial charge in [0.15, 0.2) is 0 Å². The van der Waals surface area contributed by atoms with E-state index in [0.29, 0.717) is 0 Å². The molecule has 0 atom stereocenters. The summed E-state index contributed by atoms with van der Waals surface area (Å²) in [7, 11) is 0. The van der Waals surface area contributed by atoms with Gasteiger partial charge in [0, 0.05) is 57.8 Å². The molecule has 1 aliphatic carbocycles. The molecule has 0 bridgehead atoms. The van der Waals surface area contributed by atoms with Crippen LogP contribution < -0.4 is 0 Å². The molecule has 210 valence electrons.